The molecule has 0 saturated carbocycles. The number of sulfone groups is 2. The molecule has 0 N–H and O–H groups in total. The first-order valence-corrected chi connectivity index (χ1v) is 12.6. The quantitative estimate of drug-likeness (QED) is 0.399. The van der Waals surface area contributed by atoms with E-state index in [0.717, 1.165) is 0 Å². The molecule has 164 valence electrons. The highest BCUT2D eigenvalue weighted by molar-refractivity contribution is 7.91. The fourth-order valence-corrected chi connectivity index (χ4v) is 5.45. The summed E-state index contributed by atoms with van der Waals surface area (Å²) in [7, 11) is -6.70. The van der Waals surface area contributed by atoms with Crippen LogP contribution in [0.5, 0.6) is 0 Å². The second kappa shape index (κ2) is 12.3. The first-order valence-electron chi connectivity index (χ1n) is 9.33. The molecular weight excluding hydrogens is 424 g/mol. The van der Waals surface area contributed by atoms with Crippen molar-refractivity contribution in [2.75, 3.05) is 11.5 Å². The number of nitrogens with zero attached hydrogens (tertiary/aromatic N) is 4. The molecule has 2 aromatic rings. The van der Waals surface area contributed by atoms with E-state index in [1.54, 1.807) is 24.3 Å². The van der Waals surface area contributed by atoms with Gasteiger partial charge in [0.2, 0.25) is 30.0 Å². The number of hydrogen-bond acceptors (Lipinski definition) is 8. The number of hydrogen-bond donors (Lipinski definition) is 0. The Morgan fingerprint density at radius 3 is 1.30 bits per heavy atom. The van der Waals surface area contributed by atoms with Crippen LogP contribution in [0.2, 0.25) is 0 Å². The van der Waals surface area contributed by atoms with Crippen LogP contribution in [0.1, 0.15) is 26.7 Å². The van der Waals surface area contributed by atoms with Crippen molar-refractivity contribution >= 4 is 19.7 Å². The molecule has 0 unspecified atom stereocenters. The first kappa shape index (κ1) is 25.6. The van der Waals surface area contributed by atoms with Crippen molar-refractivity contribution in [1.82, 2.24) is 19.9 Å². The van der Waals surface area contributed by atoms with Gasteiger partial charge >= 0.3 is 0 Å². The SMILES string of the molecule is C=CC[C@@H](C)CS(=O)(=O)c1ncccn1.C=CC[C@H](C)CS(=O)(=O)c1ncccn1. The molecule has 0 radical (unpaired) electrons. The summed E-state index contributed by atoms with van der Waals surface area (Å²) in [6.07, 6.45) is 10.5. The van der Waals surface area contributed by atoms with Gasteiger partial charge in [0.15, 0.2) is 0 Å². The third-order valence-electron chi connectivity index (χ3n) is 3.79. The van der Waals surface area contributed by atoms with Gasteiger partial charge in [-0.15, -0.1) is 13.2 Å². The van der Waals surface area contributed by atoms with Crippen LogP contribution in [-0.4, -0.2) is 48.3 Å². The molecule has 2 aromatic heterocycles. The van der Waals surface area contributed by atoms with Crippen molar-refractivity contribution in [3.8, 4) is 0 Å². The Labute approximate surface area is 179 Å². The van der Waals surface area contributed by atoms with Gasteiger partial charge in [-0.05, 0) is 36.8 Å². The molecular formula is C20H28N4O4S2. The molecule has 0 amide bonds. The summed E-state index contributed by atoms with van der Waals surface area (Å²) in [5, 5.41) is -0.193. The molecule has 8 nitrogen and oxygen atoms in total. The Morgan fingerprint density at radius 1 is 0.733 bits per heavy atom. The van der Waals surface area contributed by atoms with Crippen LogP contribution in [-0.2, 0) is 19.7 Å². The van der Waals surface area contributed by atoms with Crippen molar-refractivity contribution in [3.63, 3.8) is 0 Å². The molecule has 0 aliphatic carbocycles. The van der Waals surface area contributed by atoms with Crippen LogP contribution < -0.4 is 0 Å². The topological polar surface area (TPSA) is 120 Å². The molecule has 0 bridgehead atoms. The second-order valence-electron chi connectivity index (χ2n) is 6.88. The maximum absolute atomic E-state index is 11.8. The Hall–Kier alpha value is -2.46. The minimum atomic E-state index is -3.35. The van der Waals surface area contributed by atoms with Crippen LogP contribution in [0.15, 0.2) is 72.5 Å². The zero-order chi connectivity index (χ0) is 22.6. The Balaban J connectivity index is 0.000000300. The monoisotopic (exact) mass is 452 g/mol. The summed E-state index contributed by atoms with van der Waals surface area (Å²) >= 11 is 0. The summed E-state index contributed by atoms with van der Waals surface area (Å²) in [5.74, 6) is 0.194. The molecule has 0 aliphatic rings. The normalized spacial score (nSPS) is 13.4. The van der Waals surface area contributed by atoms with Crippen LogP contribution in [0.3, 0.4) is 0 Å². The molecule has 0 aromatic carbocycles. The minimum absolute atomic E-state index is 0.0382. The average molecular weight is 453 g/mol. The molecule has 2 atom stereocenters. The van der Waals surface area contributed by atoms with Crippen LogP contribution in [0, 0.1) is 11.8 Å². The van der Waals surface area contributed by atoms with E-state index in [0.29, 0.717) is 12.8 Å². The highest BCUT2D eigenvalue weighted by Gasteiger charge is 2.21. The van der Waals surface area contributed by atoms with Crippen LogP contribution in [0.4, 0.5) is 0 Å². The van der Waals surface area contributed by atoms with E-state index < -0.39 is 19.7 Å². The van der Waals surface area contributed by atoms with Gasteiger partial charge in [0.05, 0.1) is 11.5 Å². The molecule has 0 fully saturated rings. The van der Waals surface area contributed by atoms with Gasteiger partial charge in [-0.25, -0.2) is 36.8 Å². The third kappa shape index (κ3) is 8.91. The zero-order valence-corrected chi connectivity index (χ0v) is 18.9. The van der Waals surface area contributed by atoms with E-state index in [9.17, 15) is 16.8 Å². The molecule has 10 heteroatoms. The maximum atomic E-state index is 11.8. The summed E-state index contributed by atoms with van der Waals surface area (Å²) < 4.78 is 47.0. The van der Waals surface area contributed by atoms with Gasteiger partial charge in [-0.3, -0.25) is 0 Å². The lowest BCUT2D eigenvalue weighted by atomic mass is 10.1. The fraction of sp³-hybridized carbons (Fsp3) is 0.400. The molecule has 0 saturated heterocycles. The second-order valence-corrected chi connectivity index (χ2v) is 10.7. The van der Waals surface area contributed by atoms with Crippen molar-refractivity contribution in [2.45, 2.75) is 37.0 Å². The first-order chi connectivity index (χ1) is 14.1. The lowest BCUT2D eigenvalue weighted by Crippen LogP contribution is -2.16. The number of aromatic nitrogens is 4. The van der Waals surface area contributed by atoms with Gasteiger partial charge in [0.1, 0.15) is 0 Å². The molecule has 2 rings (SSSR count). The predicted octanol–water partition coefficient (Wildman–Crippen LogP) is 2.93. The van der Waals surface area contributed by atoms with E-state index >= 15 is 0 Å². The van der Waals surface area contributed by atoms with E-state index in [-0.39, 0.29) is 33.7 Å². The maximum Gasteiger partial charge on any atom is 0.247 e. The van der Waals surface area contributed by atoms with E-state index in [1.807, 2.05) is 13.8 Å². The summed E-state index contributed by atoms with van der Waals surface area (Å²) in [4.78, 5) is 15.0. The highest BCUT2D eigenvalue weighted by atomic mass is 32.2. The molecule has 0 aliphatic heterocycles. The van der Waals surface area contributed by atoms with Crippen molar-refractivity contribution in [3.05, 3.63) is 62.2 Å². The van der Waals surface area contributed by atoms with E-state index in [1.165, 1.54) is 24.8 Å². The Kier molecular flexibility index (Phi) is 10.5. The molecule has 30 heavy (non-hydrogen) atoms. The van der Waals surface area contributed by atoms with Crippen molar-refractivity contribution < 1.29 is 16.8 Å². The van der Waals surface area contributed by atoms with Gasteiger partial charge in [-0.2, -0.15) is 0 Å². The Morgan fingerprint density at radius 2 is 1.03 bits per heavy atom. The van der Waals surface area contributed by atoms with Gasteiger partial charge < -0.3 is 0 Å². The lowest BCUT2D eigenvalue weighted by Gasteiger charge is -2.07. The van der Waals surface area contributed by atoms with Crippen molar-refractivity contribution in [1.29, 1.82) is 0 Å². The standard InChI is InChI=1S/2C10H14N2O2S/c2*1-3-5-9(2)8-15(13,14)10-11-6-4-7-12-10/h2*3-4,6-7,9H,1,5,8H2,2H3/t2*9-/m10/s1. The lowest BCUT2D eigenvalue weighted by molar-refractivity contribution is 0.563. The summed E-state index contributed by atoms with van der Waals surface area (Å²) in [6, 6.07) is 3.18. The average Bonchev–Trinajstić information content (AvgIpc) is 2.69. The smallest absolute Gasteiger partial charge is 0.227 e. The van der Waals surface area contributed by atoms with E-state index in [2.05, 4.69) is 33.1 Å². The highest BCUT2D eigenvalue weighted by Crippen LogP contribution is 2.12. The molecule has 2 heterocycles. The van der Waals surface area contributed by atoms with Crippen LogP contribution in [0.25, 0.3) is 0 Å². The van der Waals surface area contributed by atoms with Crippen LogP contribution >= 0.6 is 0 Å². The third-order valence-corrected chi connectivity index (χ3v) is 7.34. The Bertz CT molecular complexity index is 912. The van der Waals surface area contributed by atoms with Gasteiger partial charge in [0.25, 0.3) is 0 Å². The fourth-order valence-electron chi connectivity index (χ4n) is 2.50. The van der Waals surface area contributed by atoms with E-state index in [4.69, 9.17) is 0 Å². The van der Waals surface area contributed by atoms with Gasteiger partial charge in [-0.1, -0.05) is 26.0 Å². The molecule has 0 spiro atoms. The predicted molar refractivity (Wildman–Crippen MR) is 116 cm³/mol. The minimum Gasteiger partial charge on any atom is -0.227 e. The summed E-state index contributed by atoms with van der Waals surface area (Å²) in [6.45, 7) is 10.9. The van der Waals surface area contributed by atoms with Gasteiger partial charge in [0, 0.05) is 24.8 Å². The largest absolute Gasteiger partial charge is 0.247 e. The van der Waals surface area contributed by atoms with Crippen molar-refractivity contribution in [2.24, 2.45) is 11.8 Å². The number of allylic oxidation sites excluding steroid dienone is 2. The zero-order valence-electron chi connectivity index (χ0n) is 17.3. The number of rotatable bonds is 10. The summed E-state index contributed by atoms with van der Waals surface area (Å²) in [5.41, 5.74) is 0.